The van der Waals surface area contributed by atoms with Crippen LogP contribution in [0.2, 0.25) is 0 Å². The zero-order chi connectivity index (χ0) is 18.3. The molecule has 4 nitrogen and oxygen atoms in total. The fourth-order valence-electron chi connectivity index (χ4n) is 2.55. The molecule has 0 bridgehead atoms. The molecule has 0 amide bonds. The average Bonchev–Trinajstić information content (AvgIpc) is 3.21. The third-order valence-corrected chi connectivity index (χ3v) is 3.84. The van der Waals surface area contributed by atoms with Crippen molar-refractivity contribution in [3.05, 3.63) is 109 Å². The molecule has 0 spiro atoms. The van der Waals surface area contributed by atoms with E-state index in [0.29, 0.717) is 0 Å². The normalized spacial score (nSPS) is 9.86. The molecule has 0 unspecified atom stereocenters. The number of para-hydroxylation sites is 1. The van der Waals surface area contributed by atoms with Crippen LogP contribution in [0.15, 0.2) is 97.2 Å². The molecule has 5 aromatic rings. The Morgan fingerprint density at radius 2 is 1.29 bits per heavy atom. The minimum Gasteiger partial charge on any atom is -0.305 e. The molecule has 139 valence electrons. The SMILES string of the molecule is [Ir].[c-]1ccccc1-c1ccccn1.[c-]1ccccc1-n1nc2ccccc2n1. The number of benzene rings is 3. The van der Waals surface area contributed by atoms with Gasteiger partial charge in [0.05, 0.1) is 0 Å². The van der Waals surface area contributed by atoms with E-state index in [2.05, 4.69) is 27.3 Å². The number of fused-ring (bicyclic) bond motifs is 1. The molecule has 0 N–H and O–H groups in total. The van der Waals surface area contributed by atoms with Gasteiger partial charge in [-0.2, -0.15) is 39.3 Å². The standard InChI is InChI=1S/C12H8N3.C11H8N.Ir/c1-2-6-10(7-3-1)15-13-11-8-4-5-9-12(11)14-15;1-2-6-10(7-3-1)11-8-4-5-9-12-11;/h1-6,8-9H;1-6,8-9H;/q2*-1;. The molecule has 0 saturated heterocycles. The van der Waals surface area contributed by atoms with Crippen LogP contribution in [-0.2, 0) is 20.1 Å². The largest absolute Gasteiger partial charge is 0.305 e. The van der Waals surface area contributed by atoms with Gasteiger partial charge in [0.15, 0.2) is 0 Å². The van der Waals surface area contributed by atoms with Gasteiger partial charge in [0, 0.05) is 26.3 Å². The van der Waals surface area contributed by atoms with E-state index < -0.39 is 0 Å². The summed E-state index contributed by atoms with van der Waals surface area (Å²) < 4.78 is 0. The Hall–Kier alpha value is -3.14. The third kappa shape index (κ3) is 4.77. The van der Waals surface area contributed by atoms with E-state index in [1.54, 1.807) is 11.0 Å². The summed E-state index contributed by atoms with van der Waals surface area (Å²) in [5, 5.41) is 8.71. The van der Waals surface area contributed by atoms with Crippen molar-refractivity contribution in [2.75, 3.05) is 0 Å². The number of aromatic nitrogens is 4. The van der Waals surface area contributed by atoms with E-state index >= 15 is 0 Å². The van der Waals surface area contributed by atoms with Gasteiger partial charge >= 0.3 is 0 Å². The minimum atomic E-state index is 0. The summed E-state index contributed by atoms with van der Waals surface area (Å²) in [6, 6.07) is 35.3. The summed E-state index contributed by atoms with van der Waals surface area (Å²) >= 11 is 0. The first-order valence-corrected chi connectivity index (χ1v) is 8.57. The molecule has 0 aliphatic carbocycles. The predicted octanol–water partition coefficient (Wildman–Crippen LogP) is 4.77. The van der Waals surface area contributed by atoms with E-state index in [1.807, 2.05) is 91.0 Å². The van der Waals surface area contributed by atoms with Crippen LogP contribution in [-0.4, -0.2) is 20.0 Å². The maximum absolute atomic E-state index is 4.36. The molecule has 0 aliphatic heterocycles. The van der Waals surface area contributed by atoms with Gasteiger partial charge in [-0.1, -0.05) is 24.3 Å². The first-order valence-electron chi connectivity index (χ1n) is 8.57. The first-order chi connectivity index (χ1) is 13.4. The Bertz CT molecular complexity index is 1040. The van der Waals surface area contributed by atoms with Crippen LogP contribution in [0, 0.1) is 12.1 Å². The fourth-order valence-corrected chi connectivity index (χ4v) is 2.55. The van der Waals surface area contributed by atoms with Gasteiger partial charge in [0.2, 0.25) is 0 Å². The van der Waals surface area contributed by atoms with Crippen LogP contribution in [0.1, 0.15) is 0 Å². The van der Waals surface area contributed by atoms with E-state index in [1.165, 1.54) is 0 Å². The molecule has 2 heterocycles. The second-order valence-electron chi connectivity index (χ2n) is 5.72. The van der Waals surface area contributed by atoms with Crippen molar-refractivity contribution in [3.8, 4) is 16.9 Å². The predicted molar refractivity (Wildman–Crippen MR) is 106 cm³/mol. The van der Waals surface area contributed by atoms with Crippen LogP contribution in [0.25, 0.3) is 28.0 Å². The minimum absolute atomic E-state index is 0. The quantitative estimate of drug-likeness (QED) is 0.303. The topological polar surface area (TPSA) is 43.6 Å². The van der Waals surface area contributed by atoms with Crippen molar-refractivity contribution < 1.29 is 20.1 Å². The van der Waals surface area contributed by atoms with E-state index in [-0.39, 0.29) is 20.1 Å². The molecule has 5 rings (SSSR count). The second kappa shape index (κ2) is 9.70. The van der Waals surface area contributed by atoms with Gasteiger partial charge in [-0.25, -0.2) is 0 Å². The number of rotatable bonds is 2. The maximum Gasteiger partial charge on any atom is 0.113 e. The number of pyridine rings is 1. The van der Waals surface area contributed by atoms with Gasteiger partial charge in [-0.3, -0.25) is 0 Å². The molecule has 0 saturated carbocycles. The zero-order valence-electron chi connectivity index (χ0n) is 14.9. The average molecular weight is 541 g/mol. The van der Waals surface area contributed by atoms with Crippen molar-refractivity contribution in [2.45, 2.75) is 0 Å². The van der Waals surface area contributed by atoms with Crippen LogP contribution in [0.3, 0.4) is 0 Å². The third-order valence-electron chi connectivity index (χ3n) is 3.84. The zero-order valence-corrected chi connectivity index (χ0v) is 17.3. The molecule has 0 aliphatic rings. The number of hydrogen-bond acceptors (Lipinski definition) is 3. The number of nitrogens with zero attached hydrogens (tertiary/aromatic N) is 4. The van der Waals surface area contributed by atoms with Crippen LogP contribution in [0.4, 0.5) is 0 Å². The van der Waals surface area contributed by atoms with Crippen molar-refractivity contribution in [3.63, 3.8) is 0 Å². The summed E-state index contributed by atoms with van der Waals surface area (Å²) in [7, 11) is 0. The summed E-state index contributed by atoms with van der Waals surface area (Å²) in [6.07, 6.45) is 1.79. The van der Waals surface area contributed by atoms with Gasteiger partial charge in [0.1, 0.15) is 11.0 Å². The Labute approximate surface area is 177 Å². The number of hydrogen-bond donors (Lipinski definition) is 0. The van der Waals surface area contributed by atoms with Crippen molar-refractivity contribution in [1.29, 1.82) is 0 Å². The summed E-state index contributed by atoms with van der Waals surface area (Å²) in [5.41, 5.74) is 4.66. The van der Waals surface area contributed by atoms with Crippen LogP contribution < -0.4 is 0 Å². The molecular formula is C23H16IrN4-2. The van der Waals surface area contributed by atoms with E-state index in [4.69, 9.17) is 0 Å². The van der Waals surface area contributed by atoms with Gasteiger partial charge < -0.3 is 4.98 Å². The summed E-state index contributed by atoms with van der Waals surface area (Å²) in [5.74, 6) is 0. The van der Waals surface area contributed by atoms with E-state index in [0.717, 1.165) is 28.0 Å². The van der Waals surface area contributed by atoms with Crippen molar-refractivity contribution >= 4 is 11.0 Å². The summed E-state index contributed by atoms with van der Waals surface area (Å²) in [6.45, 7) is 0. The van der Waals surface area contributed by atoms with Crippen LogP contribution in [0.5, 0.6) is 0 Å². The monoisotopic (exact) mass is 541 g/mol. The maximum atomic E-state index is 4.36. The Balaban J connectivity index is 0.000000159. The molecule has 0 atom stereocenters. The molecule has 2 aromatic heterocycles. The fraction of sp³-hybridized carbons (Fsp3) is 0. The Morgan fingerprint density at radius 1 is 0.643 bits per heavy atom. The van der Waals surface area contributed by atoms with E-state index in [9.17, 15) is 0 Å². The Kier molecular flexibility index (Phi) is 6.79. The molecular weight excluding hydrogens is 524 g/mol. The molecule has 1 radical (unpaired) electrons. The smallest absolute Gasteiger partial charge is 0.113 e. The molecule has 5 heteroatoms. The van der Waals surface area contributed by atoms with Crippen molar-refractivity contribution in [2.24, 2.45) is 0 Å². The molecule has 3 aromatic carbocycles. The Morgan fingerprint density at radius 3 is 1.86 bits per heavy atom. The van der Waals surface area contributed by atoms with Crippen LogP contribution >= 0.6 is 0 Å². The first kappa shape index (κ1) is 19.6. The van der Waals surface area contributed by atoms with Crippen molar-refractivity contribution in [1.82, 2.24) is 20.0 Å². The van der Waals surface area contributed by atoms with Gasteiger partial charge in [-0.15, -0.1) is 42.0 Å². The molecule has 28 heavy (non-hydrogen) atoms. The second-order valence-corrected chi connectivity index (χ2v) is 5.72. The van der Waals surface area contributed by atoms with Gasteiger partial charge in [-0.05, 0) is 29.6 Å². The summed E-state index contributed by atoms with van der Waals surface area (Å²) in [4.78, 5) is 5.82. The molecule has 0 fully saturated rings. The van der Waals surface area contributed by atoms with Gasteiger partial charge in [0.25, 0.3) is 0 Å².